The van der Waals surface area contributed by atoms with E-state index < -0.39 is 11.7 Å². The van der Waals surface area contributed by atoms with Gasteiger partial charge in [0.05, 0.1) is 11.3 Å². The van der Waals surface area contributed by atoms with Crippen molar-refractivity contribution in [1.29, 1.82) is 0 Å². The number of rotatable bonds is 0. The minimum absolute atomic E-state index is 0.194. The number of benzene rings is 1. The van der Waals surface area contributed by atoms with Gasteiger partial charge >= 0.3 is 12.2 Å². The Balaban J connectivity index is 2.12. The maximum atomic E-state index is 12.8. The Morgan fingerprint density at radius 2 is 2.05 bits per heavy atom. The van der Waals surface area contributed by atoms with E-state index in [0.717, 1.165) is 12.1 Å². The topological polar surface area (TPSA) is 44.7 Å². The number of halogens is 3. The minimum Gasteiger partial charge on any atom is -0.307 e. The van der Waals surface area contributed by atoms with Crippen molar-refractivity contribution in [2.45, 2.75) is 20.0 Å². The third kappa shape index (κ3) is 2.36. The molecule has 0 saturated carbocycles. The molecule has 1 N–H and O–H groups in total. The molecule has 2 aliphatic heterocycles. The van der Waals surface area contributed by atoms with E-state index >= 15 is 0 Å². The Morgan fingerprint density at radius 1 is 1.33 bits per heavy atom. The van der Waals surface area contributed by atoms with Crippen molar-refractivity contribution >= 4 is 17.6 Å². The number of amidine groups is 1. The van der Waals surface area contributed by atoms with E-state index in [-0.39, 0.29) is 11.4 Å². The second kappa shape index (κ2) is 4.22. The third-order valence-corrected chi connectivity index (χ3v) is 3.57. The van der Waals surface area contributed by atoms with E-state index in [1.165, 1.54) is 11.0 Å². The molecule has 0 atom stereocenters. The number of amides is 2. The first-order chi connectivity index (χ1) is 9.67. The molecule has 0 fully saturated rings. The monoisotopic (exact) mass is 297 g/mol. The number of carbonyl (C=O) groups is 1. The van der Waals surface area contributed by atoms with Gasteiger partial charge in [-0.05, 0) is 18.2 Å². The number of nitrogens with one attached hydrogen (secondary N) is 1. The van der Waals surface area contributed by atoms with E-state index in [4.69, 9.17) is 0 Å². The van der Waals surface area contributed by atoms with E-state index in [9.17, 15) is 18.0 Å². The molecule has 2 aliphatic rings. The standard InChI is InChI=1S/C14H14F3N3O/c1-13(2)6-18-11-9-5-8(14(15,16)17)3-4-10(9)19-12(21)20(11)7-13/h3-5H,6-7H2,1-2H3,(H,19,21). The molecule has 2 amide bonds. The Labute approximate surface area is 119 Å². The quantitative estimate of drug-likeness (QED) is 0.784. The molecule has 21 heavy (non-hydrogen) atoms. The van der Waals surface area contributed by atoms with Gasteiger partial charge in [-0.15, -0.1) is 0 Å². The van der Waals surface area contributed by atoms with Crippen molar-refractivity contribution in [1.82, 2.24) is 4.90 Å². The number of anilines is 1. The molecule has 2 heterocycles. The molecular formula is C14H14F3N3O. The summed E-state index contributed by atoms with van der Waals surface area (Å²) >= 11 is 0. The van der Waals surface area contributed by atoms with E-state index in [1.54, 1.807) is 0 Å². The maximum Gasteiger partial charge on any atom is 0.416 e. The van der Waals surface area contributed by atoms with Gasteiger partial charge in [0.15, 0.2) is 0 Å². The SMILES string of the molecule is CC1(C)CN=C2c3cc(C(F)(F)F)ccc3NC(=O)N2C1. The highest BCUT2D eigenvalue weighted by Gasteiger charge is 2.39. The first kappa shape index (κ1) is 13.9. The molecule has 0 unspecified atom stereocenters. The molecule has 0 spiro atoms. The van der Waals surface area contributed by atoms with E-state index in [1.807, 2.05) is 13.8 Å². The van der Waals surface area contributed by atoms with Crippen LogP contribution in [0.25, 0.3) is 0 Å². The van der Waals surface area contributed by atoms with Crippen LogP contribution in [0.1, 0.15) is 25.0 Å². The minimum atomic E-state index is -4.42. The Bertz CT molecular complexity index is 649. The molecule has 112 valence electrons. The zero-order chi connectivity index (χ0) is 15.4. The van der Waals surface area contributed by atoms with Crippen LogP contribution in [-0.2, 0) is 6.18 Å². The molecule has 1 aromatic rings. The molecule has 0 aliphatic carbocycles. The molecule has 0 radical (unpaired) electrons. The summed E-state index contributed by atoms with van der Waals surface area (Å²) in [5.74, 6) is 0.319. The number of aliphatic imine (C=N–C) groups is 1. The van der Waals surface area contributed by atoms with Crippen LogP contribution in [0.4, 0.5) is 23.7 Å². The molecule has 0 saturated heterocycles. The van der Waals surface area contributed by atoms with Gasteiger partial charge < -0.3 is 5.32 Å². The summed E-state index contributed by atoms with van der Waals surface area (Å²) in [6.45, 7) is 4.82. The van der Waals surface area contributed by atoms with Gasteiger partial charge in [0.1, 0.15) is 5.84 Å². The van der Waals surface area contributed by atoms with Crippen LogP contribution in [0, 0.1) is 5.41 Å². The summed E-state index contributed by atoms with van der Waals surface area (Å²) in [7, 11) is 0. The van der Waals surface area contributed by atoms with Crippen molar-refractivity contribution in [3.63, 3.8) is 0 Å². The van der Waals surface area contributed by atoms with Crippen LogP contribution >= 0.6 is 0 Å². The summed E-state index contributed by atoms with van der Waals surface area (Å²) in [4.78, 5) is 17.8. The fourth-order valence-corrected chi connectivity index (χ4v) is 2.52. The van der Waals surface area contributed by atoms with Gasteiger partial charge in [-0.2, -0.15) is 13.2 Å². The average Bonchev–Trinajstić information content (AvgIpc) is 2.36. The van der Waals surface area contributed by atoms with Gasteiger partial charge in [0, 0.05) is 24.1 Å². The lowest BCUT2D eigenvalue weighted by molar-refractivity contribution is -0.137. The highest BCUT2D eigenvalue weighted by Crippen LogP contribution is 2.36. The Morgan fingerprint density at radius 3 is 2.71 bits per heavy atom. The van der Waals surface area contributed by atoms with E-state index in [2.05, 4.69) is 10.3 Å². The second-order valence-corrected chi connectivity index (χ2v) is 6.08. The maximum absolute atomic E-state index is 12.8. The van der Waals surface area contributed by atoms with Crippen molar-refractivity contribution in [3.05, 3.63) is 29.3 Å². The van der Waals surface area contributed by atoms with Gasteiger partial charge in [-0.3, -0.25) is 9.89 Å². The zero-order valence-electron chi connectivity index (χ0n) is 11.6. The molecule has 0 aromatic heterocycles. The van der Waals surface area contributed by atoms with Crippen LogP contribution in [0.5, 0.6) is 0 Å². The summed E-state index contributed by atoms with van der Waals surface area (Å²) in [5, 5.41) is 2.61. The number of nitrogens with zero attached hydrogens (tertiary/aromatic N) is 2. The highest BCUT2D eigenvalue weighted by atomic mass is 19.4. The van der Waals surface area contributed by atoms with Crippen LogP contribution in [0.2, 0.25) is 0 Å². The Kier molecular flexibility index (Phi) is 2.80. The molecule has 7 heteroatoms. The first-order valence-electron chi connectivity index (χ1n) is 6.52. The van der Waals surface area contributed by atoms with Gasteiger partial charge in [0.2, 0.25) is 0 Å². The van der Waals surface area contributed by atoms with Crippen molar-refractivity contribution < 1.29 is 18.0 Å². The third-order valence-electron chi connectivity index (χ3n) is 3.57. The summed E-state index contributed by atoms with van der Waals surface area (Å²) in [5.41, 5.74) is -0.257. The van der Waals surface area contributed by atoms with Crippen molar-refractivity contribution in [2.75, 3.05) is 18.4 Å². The van der Waals surface area contributed by atoms with E-state index in [0.29, 0.717) is 30.2 Å². The van der Waals surface area contributed by atoms with Gasteiger partial charge in [-0.1, -0.05) is 13.8 Å². The fourth-order valence-electron chi connectivity index (χ4n) is 2.52. The number of fused-ring (bicyclic) bond motifs is 3. The summed E-state index contributed by atoms with van der Waals surface area (Å²) < 4.78 is 38.5. The van der Waals surface area contributed by atoms with Crippen LogP contribution in [0.15, 0.2) is 23.2 Å². The normalized spacial score (nSPS) is 20.3. The molecular weight excluding hydrogens is 283 g/mol. The molecule has 4 nitrogen and oxygen atoms in total. The van der Waals surface area contributed by atoms with Gasteiger partial charge in [0.25, 0.3) is 0 Å². The van der Waals surface area contributed by atoms with Crippen molar-refractivity contribution in [3.8, 4) is 0 Å². The number of urea groups is 1. The highest BCUT2D eigenvalue weighted by molar-refractivity contribution is 6.18. The summed E-state index contributed by atoms with van der Waals surface area (Å²) in [6.07, 6.45) is -4.42. The first-order valence-corrected chi connectivity index (χ1v) is 6.52. The number of carbonyl (C=O) groups excluding carboxylic acids is 1. The summed E-state index contributed by atoms with van der Waals surface area (Å²) in [6, 6.07) is 2.92. The molecule has 0 bridgehead atoms. The zero-order valence-corrected chi connectivity index (χ0v) is 11.6. The lowest BCUT2D eigenvalue weighted by Crippen LogP contribution is -2.52. The number of hydrogen-bond donors (Lipinski definition) is 1. The largest absolute Gasteiger partial charge is 0.416 e. The molecule has 3 rings (SSSR count). The smallest absolute Gasteiger partial charge is 0.307 e. The van der Waals surface area contributed by atoms with Crippen LogP contribution in [-0.4, -0.2) is 29.9 Å². The van der Waals surface area contributed by atoms with Crippen LogP contribution < -0.4 is 5.32 Å². The fraction of sp³-hybridized carbons (Fsp3) is 0.429. The van der Waals surface area contributed by atoms with Gasteiger partial charge in [-0.25, -0.2) is 4.79 Å². The second-order valence-electron chi connectivity index (χ2n) is 6.08. The lowest BCUT2D eigenvalue weighted by atomic mass is 9.90. The predicted octanol–water partition coefficient (Wildman–Crippen LogP) is 3.34. The average molecular weight is 297 g/mol. The van der Waals surface area contributed by atoms with Crippen LogP contribution in [0.3, 0.4) is 0 Å². The number of alkyl halides is 3. The lowest BCUT2D eigenvalue weighted by Gasteiger charge is -2.40. The number of hydrogen-bond acceptors (Lipinski definition) is 2. The Hall–Kier alpha value is -2.05. The molecule has 1 aromatic carbocycles. The predicted molar refractivity (Wildman–Crippen MR) is 72.4 cm³/mol. The van der Waals surface area contributed by atoms with Crippen molar-refractivity contribution in [2.24, 2.45) is 10.4 Å².